The fraction of sp³-hybridized carbons (Fsp3) is 0.467. The lowest BCUT2D eigenvalue weighted by atomic mass is 9.77. The predicted molar refractivity (Wildman–Crippen MR) is 70.0 cm³/mol. The maximum atomic E-state index is 13.4. The van der Waals surface area contributed by atoms with Gasteiger partial charge < -0.3 is 0 Å². The number of halogens is 1. The molecule has 0 bridgehead atoms. The van der Waals surface area contributed by atoms with Crippen LogP contribution in [0.1, 0.15) is 43.2 Å². The van der Waals surface area contributed by atoms with Crippen molar-refractivity contribution < 1.29 is 14.0 Å². The number of carbonyl (C=O) groups is 2. The van der Waals surface area contributed by atoms with E-state index in [4.69, 9.17) is 0 Å². The molecule has 3 nitrogen and oxygen atoms in total. The van der Waals surface area contributed by atoms with Crippen LogP contribution in [0.3, 0.4) is 0 Å². The Morgan fingerprint density at radius 1 is 1.37 bits per heavy atom. The molecule has 19 heavy (non-hydrogen) atoms. The van der Waals surface area contributed by atoms with Crippen LogP contribution in [0.2, 0.25) is 0 Å². The summed E-state index contributed by atoms with van der Waals surface area (Å²) in [6.07, 6.45) is 1.82. The Kier molecular flexibility index (Phi) is 3.98. The number of hydrogen-bond donors (Lipinski definition) is 1. The van der Waals surface area contributed by atoms with Crippen molar-refractivity contribution in [1.29, 1.82) is 0 Å². The Balaban J connectivity index is 2.40. The summed E-state index contributed by atoms with van der Waals surface area (Å²) < 4.78 is 13.4. The zero-order valence-electron chi connectivity index (χ0n) is 11.2. The maximum Gasteiger partial charge on any atom is 0.230 e. The van der Waals surface area contributed by atoms with Crippen molar-refractivity contribution in [3.05, 3.63) is 35.1 Å². The molecule has 1 aromatic carbocycles. The molecule has 1 aliphatic rings. The predicted octanol–water partition coefficient (Wildman–Crippen LogP) is 2.68. The lowest BCUT2D eigenvalue weighted by molar-refractivity contribution is -0.137. The first-order valence-corrected chi connectivity index (χ1v) is 6.62. The molecule has 1 aromatic rings. The average molecular weight is 263 g/mol. The number of imide groups is 1. The van der Waals surface area contributed by atoms with Crippen molar-refractivity contribution in [1.82, 2.24) is 5.32 Å². The molecule has 0 spiro atoms. The van der Waals surface area contributed by atoms with Gasteiger partial charge in [-0.15, -0.1) is 0 Å². The maximum absolute atomic E-state index is 13.4. The van der Waals surface area contributed by atoms with E-state index < -0.39 is 0 Å². The van der Waals surface area contributed by atoms with Gasteiger partial charge >= 0.3 is 0 Å². The van der Waals surface area contributed by atoms with E-state index in [0.29, 0.717) is 6.42 Å². The number of aryl methyl sites for hydroxylation is 1. The Bertz CT molecular complexity index is 513. The van der Waals surface area contributed by atoms with Crippen LogP contribution in [0.15, 0.2) is 18.2 Å². The van der Waals surface area contributed by atoms with Crippen molar-refractivity contribution >= 4 is 11.8 Å². The van der Waals surface area contributed by atoms with E-state index in [0.717, 1.165) is 17.5 Å². The summed E-state index contributed by atoms with van der Waals surface area (Å²) in [5.74, 6) is -1.29. The van der Waals surface area contributed by atoms with Gasteiger partial charge in [0.15, 0.2) is 0 Å². The summed E-state index contributed by atoms with van der Waals surface area (Å²) in [6.45, 7) is 3.88. The Morgan fingerprint density at radius 2 is 2.11 bits per heavy atom. The zero-order chi connectivity index (χ0) is 14.0. The van der Waals surface area contributed by atoms with Crippen molar-refractivity contribution in [2.24, 2.45) is 5.92 Å². The van der Waals surface area contributed by atoms with E-state index in [1.807, 2.05) is 13.8 Å². The summed E-state index contributed by atoms with van der Waals surface area (Å²) in [4.78, 5) is 23.5. The van der Waals surface area contributed by atoms with Gasteiger partial charge in [-0.2, -0.15) is 0 Å². The molecule has 0 aromatic heterocycles. The van der Waals surface area contributed by atoms with Gasteiger partial charge in [0, 0.05) is 18.3 Å². The zero-order valence-corrected chi connectivity index (χ0v) is 11.2. The Morgan fingerprint density at radius 3 is 2.79 bits per heavy atom. The molecule has 0 radical (unpaired) electrons. The molecule has 2 rings (SSSR count). The number of nitrogens with one attached hydrogen (secondary N) is 1. The highest BCUT2D eigenvalue weighted by Gasteiger charge is 2.36. The van der Waals surface area contributed by atoms with Crippen LogP contribution in [0.25, 0.3) is 0 Å². The standard InChI is InChI=1S/C15H18FNO2/c1-3-4-11-13(8-14(18)17-15(11)19)12-7-10(16)6-5-9(12)2/h5-7,11,13H,3-4,8H2,1-2H3,(H,17,18,19). The third kappa shape index (κ3) is 2.83. The second kappa shape index (κ2) is 5.51. The van der Waals surface area contributed by atoms with Gasteiger partial charge in [0.1, 0.15) is 5.82 Å². The number of piperidine rings is 1. The number of hydrogen-bond acceptors (Lipinski definition) is 2. The van der Waals surface area contributed by atoms with E-state index >= 15 is 0 Å². The third-order valence-electron chi connectivity index (χ3n) is 3.73. The molecule has 0 saturated carbocycles. The number of benzene rings is 1. The summed E-state index contributed by atoms with van der Waals surface area (Å²) in [5, 5.41) is 2.38. The molecule has 102 valence electrons. The van der Waals surface area contributed by atoms with Gasteiger partial charge in [-0.25, -0.2) is 4.39 Å². The molecule has 1 aliphatic heterocycles. The van der Waals surface area contributed by atoms with Gasteiger partial charge in [0.2, 0.25) is 11.8 Å². The van der Waals surface area contributed by atoms with Gasteiger partial charge in [-0.1, -0.05) is 19.4 Å². The molecule has 1 N–H and O–H groups in total. The van der Waals surface area contributed by atoms with E-state index in [9.17, 15) is 14.0 Å². The van der Waals surface area contributed by atoms with E-state index in [1.54, 1.807) is 6.07 Å². The molecule has 2 amide bonds. The van der Waals surface area contributed by atoms with Gasteiger partial charge in [-0.05, 0) is 36.6 Å². The van der Waals surface area contributed by atoms with Crippen molar-refractivity contribution in [2.75, 3.05) is 0 Å². The normalized spacial score (nSPS) is 23.3. The van der Waals surface area contributed by atoms with Crippen molar-refractivity contribution in [2.45, 2.75) is 39.0 Å². The summed E-state index contributed by atoms with van der Waals surface area (Å²) in [7, 11) is 0. The van der Waals surface area contributed by atoms with Crippen LogP contribution in [0, 0.1) is 18.7 Å². The highest BCUT2D eigenvalue weighted by atomic mass is 19.1. The number of carbonyl (C=O) groups excluding carboxylic acids is 2. The molecule has 2 atom stereocenters. The fourth-order valence-corrected chi connectivity index (χ4v) is 2.79. The first kappa shape index (κ1) is 13.7. The first-order valence-electron chi connectivity index (χ1n) is 6.62. The molecule has 1 saturated heterocycles. The number of rotatable bonds is 3. The molecule has 4 heteroatoms. The molecular weight excluding hydrogens is 245 g/mol. The topological polar surface area (TPSA) is 46.2 Å². The van der Waals surface area contributed by atoms with Crippen LogP contribution in [-0.4, -0.2) is 11.8 Å². The molecule has 1 heterocycles. The number of amides is 2. The van der Waals surface area contributed by atoms with Crippen molar-refractivity contribution in [3.63, 3.8) is 0 Å². The minimum Gasteiger partial charge on any atom is -0.296 e. The minimum absolute atomic E-state index is 0.211. The third-order valence-corrected chi connectivity index (χ3v) is 3.73. The fourth-order valence-electron chi connectivity index (χ4n) is 2.79. The van der Waals surface area contributed by atoms with E-state index in [-0.39, 0.29) is 35.9 Å². The monoisotopic (exact) mass is 263 g/mol. The summed E-state index contributed by atoms with van der Waals surface area (Å²) >= 11 is 0. The summed E-state index contributed by atoms with van der Waals surface area (Å²) in [5.41, 5.74) is 1.71. The molecule has 0 aliphatic carbocycles. The van der Waals surface area contributed by atoms with Crippen LogP contribution >= 0.6 is 0 Å². The Labute approximate surface area is 112 Å². The highest BCUT2D eigenvalue weighted by molar-refractivity contribution is 5.99. The smallest absolute Gasteiger partial charge is 0.230 e. The summed E-state index contributed by atoms with van der Waals surface area (Å²) in [6, 6.07) is 4.55. The highest BCUT2D eigenvalue weighted by Crippen LogP contribution is 2.36. The molecular formula is C15H18FNO2. The van der Waals surface area contributed by atoms with Gasteiger partial charge in [0.05, 0.1) is 0 Å². The SMILES string of the molecule is CCCC1C(=O)NC(=O)CC1c1cc(F)ccc1C. The molecule has 1 fully saturated rings. The van der Waals surface area contributed by atoms with Crippen LogP contribution in [-0.2, 0) is 9.59 Å². The van der Waals surface area contributed by atoms with Gasteiger partial charge in [0.25, 0.3) is 0 Å². The van der Waals surface area contributed by atoms with Gasteiger partial charge in [-0.3, -0.25) is 14.9 Å². The minimum atomic E-state index is -0.325. The second-order valence-corrected chi connectivity index (χ2v) is 5.12. The molecule has 2 unspecified atom stereocenters. The second-order valence-electron chi connectivity index (χ2n) is 5.12. The average Bonchev–Trinajstić information content (AvgIpc) is 2.35. The van der Waals surface area contributed by atoms with Crippen LogP contribution in [0.5, 0.6) is 0 Å². The lowest BCUT2D eigenvalue weighted by Gasteiger charge is -2.31. The van der Waals surface area contributed by atoms with E-state index in [1.165, 1.54) is 12.1 Å². The Hall–Kier alpha value is -1.71. The van der Waals surface area contributed by atoms with Crippen molar-refractivity contribution in [3.8, 4) is 0 Å². The van der Waals surface area contributed by atoms with Crippen LogP contribution in [0.4, 0.5) is 4.39 Å². The largest absolute Gasteiger partial charge is 0.296 e. The van der Waals surface area contributed by atoms with Crippen LogP contribution < -0.4 is 5.32 Å². The quantitative estimate of drug-likeness (QED) is 0.852. The lowest BCUT2D eigenvalue weighted by Crippen LogP contribution is -2.44. The van der Waals surface area contributed by atoms with E-state index in [2.05, 4.69) is 5.32 Å². The first-order chi connectivity index (χ1) is 9.02.